The summed E-state index contributed by atoms with van der Waals surface area (Å²) < 4.78 is 0. The number of allylic oxidation sites excluding steroid dienone is 4. The molecular weight excluding hydrogens is 448 g/mol. The quantitative estimate of drug-likeness (QED) is 0.239. The van der Waals surface area contributed by atoms with Crippen LogP contribution >= 0.6 is 0 Å². The van der Waals surface area contributed by atoms with E-state index in [2.05, 4.69) is 39.0 Å². The van der Waals surface area contributed by atoms with Crippen LogP contribution in [0.5, 0.6) is 0 Å². The monoisotopic (exact) mass is 498 g/mol. The van der Waals surface area contributed by atoms with E-state index in [1.165, 1.54) is 31.3 Å². The molecule has 36 heavy (non-hydrogen) atoms. The fraction of sp³-hybridized carbons (Fsp3) is 0.781. The van der Waals surface area contributed by atoms with Crippen LogP contribution in [0.1, 0.15) is 111 Å². The molecule has 4 aliphatic rings. The largest absolute Gasteiger partial charge is 0.393 e. The lowest BCUT2D eigenvalue weighted by atomic mass is 9.61. The molecular formula is C32H50O4. The van der Waals surface area contributed by atoms with Gasteiger partial charge in [-0.15, -0.1) is 0 Å². The van der Waals surface area contributed by atoms with Crippen molar-refractivity contribution in [3.8, 4) is 0 Å². The van der Waals surface area contributed by atoms with Crippen molar-refractivity contribution >= 4 is 5.78 Å². The van der Waals surface area contributed by atoms with E-state index in [9.17, 15) is 20.1 Å². The van der Waals surface area contributed by atoms with Crippen LogP contribution in [0.3, 0.4) is 0 Å². The zero-order chi connectivity index (χ0) is 25.9. The lowest BCUT2D eigenvalue weighted by Crippen LogP contribution is -2.35. The van der Waals surface area contributed by atoms with Crippen molar-refractivity contribution in [2.75, 3.05) is 0 Å². The number of rotatable bonds is 10. The van der Waals surface area contributed by atoms with Gasteiger partial charge in [-0.2, -0.15) is 0 Å². The molecule has 202 valence electrons. The van der Waals surface area contributed by atoms with Crippen LogP contribution in [0.2, 0.25) is 0 Å². The van der Waals surface area contributed by atoms with E-state index in [4.69, 9.17) is 0 Å². The maximum absolute atomic E-state index is 12.8. The van der Waals surface area contributed by atoms with Crippen LogP contribution in [0.25, 0.3) is 0 Å². The third-order valence-electron chi connectivity index (χ3n) is 10.3. The second-order valence-electron chi connectivity index (χ2n) is 12.8. The van der Waals surface area contributed by atoms with E-state index < -0.39 is 23.7 Å². The van der Waals surface area contributed by atoms with Gasteiger partial charge in [-0.1, -0.05) is 69.1 Å². The van der Waals surface area contributed by atoms with Crippen LogP contribution < -0.4 is 0 Å². The topological polar surface area (TPSA) is 77.8 Å². The summed E-state index contributed by atoms with van der Waals surface area (Å²) in [7, 11) is 0. The van der Waals surface area contributed by atoms with Crippen LogP contribution in [-0.2, 0) is 4.79 Å². The predicted molar refractivity (Wildman–Crippen MR) is 145 cm³/mol. The number of unbranched alkanes of at least 4 members (excludes halogenated alkanes) is 2. The zero-order valence-corrected chi connectivity index (χ0v) is 22.9. The van der Waals surface area contributed by atoms with Gasteiger partial charge in [-0.05, 0) is 93.8 Å². The van der Waals surface area contributed by atoms with Crippen LogP contribution in [0.15, 0.2) is 35.5 Å². The number of Topliss-reactive ketones (excluding diaryl/α,β-unsaturated/α-hetero) is 1. The molecule has 0 aromatic rings. The molecule has 3 N–H and O–H groups in total. The fourth-order valence-corrected chi connectivity index (χ4v) is 7.93. The maximum Gasteiger partial charge on any atom is 0.141 e. The van der Waals surface area contributed by atoms with E-state index in [-0.39, 0.29) is 11.2 Å². The molecule has 0 bridgehead atoms. The summed E-state index contributed by atoms with van der Waals surface area (Å²) in [6.45, 7) is 6.93. The minimum absolute atomic E-state index is 0.260. The van der Waals surface area contributed by atoms with Gasteiger partial charge in [0.15, 0.2) is 0 Å². The van der Waals surface area contributed by atoms with E-state index in [0.717, 1.165) is 38.5 Å². The fourth-order valence-electron chi connectivity index (χ4n) is 7.93. The first-order valence-electron chi connectivity index (χ1n) is 14.8. The van der Waals surface area contributed by atoms with E-state index >= 15 is 0 Å². The Balaban J connectivity index is 1.40. The lowest BCUT2D eigenvalue weighted by Gasteiger charge is -2.44. The third-order valence-corrected chi connectivity index (χ3v) is 10.3. The smallest absolute Gasteiger partial charge is 0.141 e. The normalized spacial score (nSPS) is 36.6. The Morgan fingerprint density at radius 1 is 1.06 bits per heavy atom. The summed E-state index contributed by atoms with van der Waals surface area (Å²) in [6, 6.07) is 0. The van der Waals surface area contributed by atoms with Gasteiger partial charge >= 0.3 is 0 Å². The first kappa shape index (κ1) is 27.8. The predicted octanol–water partition coefficient (Wildman–Crippen LogP) is 6.44. The molecule has 0 spiro atoms. The number of fused-ring (bicyclic) bond motifs is 1. The van der Waals surface area contributed by atoms with Gasteiger partial charge in [0.1, 0.15) is 5.78 Å². The second kappa shape index (κ2) is 11.7. The molecule has 4 saturated carbocycles. The molecule has 0 heterocycles. The van der Waals surface area contributed by atoms with Crippen molar-refractivity contribution in [2.45, 2.75) is 129 Å². The molecule has 4 aliphatic carbocycles. The molecule has 0 aromatic heterocycles. The zero-order valence-electron chi connectivity index (χ0n) is 22.9. The Morgan fingerprint density at radius 2 is 1.78 bits per heavy atom. The number of ketones is 1. The molecule has 0 saturated heterocycles. The molecule has 0 aliphatic heterocycles. The molecule has 0 aromatic carbocycles. The summed E-state index contributed by atoms with van der Waals surface area (Å²) >= 11 is 0. The maximum atomic E-state index is 12.8. The Kier molecular flexibility index (Phi) is 9.00. The van der Waals surface area contributed by atoms with E-state index in [1.54, 1.807) is 5.57 Å². The number of carbonyl (C=O) groups is 1. The Labute approximate surface area is 219 Å². The van der Waals surface area contributed by atoms with Crippen LogP contribution in [-0.4, -0.2) is 39.4 Å². The Bertz CT molecular complexity index is 853. The highest BCUT2D eigenvalue weighted by molar-refractivity contribution is 5.88. The standard InChI is InChI=1S/C32H50O4/c1-4-5-6-9-29(35)32(17-18-32)30(36)15-10-22(2)27-13-14-28-24(8-7-16-31(27,28)3)12-11-23-19-25(33)21-26(34)20-23/h10-12,15,22,25-28,30,33-34,36H,4-9,13-14,16-21H2,1-3H3/b15-10+,24-12+/t22-,25-,26-,27-,28+,30-,31-/m1/s1. The highest BCUT2D eigenvalue weighted by Gasteiger charge is 2.54. The first-order valence-corrected chi connectivity index (χ1v) is 14.8. The van der Waals surface area contributed by atoms with Crippen LogP contribution in [0, 0.1) is 28.6 Å². The summed E-state index contributed by atoms with van der Waals surface area (Å²) in [5.74, 6) is 1.81. The molecule has 0 amide bonds. The average molecular weight is 499 g/mol. The van der Waals surface area contributed by atoms with Gasteiger partial charge in [0, 0.05) is 6.42 Å². The van der Waals surface area contributed by atoms with E-state index in [1.807, 2.05) is 6.08 Å². The highest BCUT2D eigenvalue weighted by Crippen LogP contribution is 2.59. The van der Waals surface area contributed by atoms with Crippen molar-refractivity contribution in [1.82, 2.24) is 0 Å². The lowest BCUT2D eigenvalue weighted by molar-refractivity contribution is -0.127. The minimum atomic E-state index is -0.645. The Hall–Kier alpha value is -1.23. The molecule has 4 rings (SSSR count). The van der Waals surface area contributed by atoms with Crippen molar-refractivity contribution < 1.29 is 20.1 Å². The number of carbonyl (C=O) groups excluding carboxylic acids is 1. The minimum Gasteiger partial charge on any atom is -0.393 e. The molecule has 4 heteroatoms. The third kappa shape index (κ3) is 5.92. The average Bonchev–Trinajstić information content (AvgIpc) is 3.57. The van der Waals surface area contributed by atoms with Gasteiger partial charge in [0.25, 0.3) is 0 Å². The summed E-state index contributed by atoms with van der Waals surface area (Å²) in [5, 5.41) is 31.0. The van der Waals surface area contributed by atoms with Crippen molar-refractivity contribution in [3.05, 3.63) is 35.5 Å². The number of aliphatic hydroxyl groups is 3. The summed E-state index contributed by atoms with van der Waals surface area (Å²) in [4.78, 5) is 12.8. The number of hydrogen-bond donors (Lipinski definition) is 3. The molecule has 0 radical (unpaired) electrons. The van der Waals surface area contributed by atoms with Gasteiger partial charge in [-0.3, -0.25) is 4.79 Å². The van der Waals surface area contributed by atoms with Crippen molar-refractivity contribution in [2.24, 2.45) is 28.6 Å². The Morgan fingerprint density at radius 3 is 2.44 bits per heavy atom. The molecule has 4 fully saturated rings. The van der Waals surface area contributed by atoms with Gasteiger partial charge in [0.2, 0.25) is 0 Å². The molecule has 7 atom stereocenters. The van der Waals surface area contributed by atoms with Crippen LogP contribution in [0.4, 0.5) is 0 Å². The molecule has 0 unspecified atom stereocenters. The first-order chi connectivity index (χ1) is 17.2. The van der Waals surface area contributed by atoms with E-state index in [0.29, 0.717) is 43.4 Å². The van der Waals surface area contributed by atoms with Gasteiger partial charge < -0.3 is 15.3 Å². The summed E-state index contributed by atoms with van der Waals surface area (Å²) in [5.41, 5.74) is 2.47. The summed E-state index contributed by atoms with van der Waals surface area (Å²) in [6.07, 6.45) is 20.5. The molecule has 4 nitrogen and oxygen atoms in total. The van der Waals surface area contributed by atoms with Crippen molar-refractivity contribution in [3.63, 3.8) is 0 Å². The van der Waals surface area contributed by atoms with Gasteiger partial charge in [-0.25, -0.2) is 0 Å². The SMILES string of the molecule is CCCCCC(=O)C1([C@H](O)/C=C/[C@@H](C)[C@H]2CC[C@H]3/C(=C/C=C4C[C@@H](O)C[C@H](O)C4)CCC[C@]23C)CC1. The number of aliphatic hydroxyl groups excluding tert-OH is 3. The highest BCUT2D eigenvalue weighted by atomic mass is 16.3. The van der Waals surface area contributed by atoms with Crippen molar-refractivity contribution in [1.29, 1.82) is 0 Å². The second-order valence-corrected chi connectivity index (χ2v) is 12.8. The van der Waals surface area contributed by atoms with Gasteiger partial charge in [0.05, 0.1) is 23.7 Å². The number of hydrogen-bond acceptors (Lipinski definition) is 4.